The standard InChI is InChI=1S/C19H29FN4O2.HI/c1-2-21-18(23-10-13-26-17-16(20)6-3-9-22-17)24-11-4-7-19(14-24)8-5-12-25-15-19;/h3,6,9H,2,4-5,7-8,10-15H2,1H3,(H,21,23);1H. The Labute approximate surface area is 177 Å². The molecule has 1 unspecified atom stereocenters. The summed E-state index contributed by atoms with van der Waals surface area (Å²) in [7, 11) is 0. The third-order valence-corrected chi connectivity index (χ3v) is 5.02. The first-order valence-corrected chi connectivity index (χ1v) is 9.57. The molecule has 1 aromatic rings. The number of ether oxygens (including phenoxy) is 2. The Morgan fingerprint density at radius 3 is 3.04 bits per heavy atom. The molecule has 2 aliphatic heterocycles. The predicted molar refractivity (Wildman–Crippen MR) is 114 cm³/mol. The van der Waals surface area contributed by atoms with Gasteiger partial charge in [-0.25, -0.2) is 14.4 Å². The Bertz CT molecular complexity index is 606. The van der Waals surface area contributed by atoms with Crippen LogP contribution in [-0.2, 0) is 4.74 Å². The van der Waals surface area contributed by atoms with E-state index in [1.54, 1.807) is 6.07 Å². The highest BCUT2D eigenvalue weighted by atomic mass is 127. The van der Waals surface area contributed by atoms with Gasteiger partial charge in [-0.05, 0) is 44.7 Å². The fraction of sp³-hybridized carbons (Fsp3) is 0.684. The molecule has 0 saturated carbocycles. The number of aromatic nitrogens is 1. The number of nitrogens with zero attached hydrogens (tertiary/aromatic N) is 3. The molecule has 152 valence electrons. The van der Waals surface area contributed by atoms with Crippen molar-refractivity contribution in [2.45, 2.75) is 32.6 Å². The van der Waals surface area contributed by atoms with Crippen molar-refractivity contribution in [1.82, 2.24) is 15.2 Å². The van der Waals surface area contributed by atoms with Crippen LogP contribution in [0.25, 0.3) is 0 Å². The molecule has 1 atom stereocenters. The molecule has 6 nitrogen and oxygen atoms in total. The second kappa shape index (κ2) is 11.0. The summed E-state index contributed by atoms with van der Waals surface area (Å²) in [6.07, 6.45) is 6.27. The molecular weight excluding hydrogens is 462 g/mol. The predicted octanol–water partition coefficient (Wildman–Crippen LogP) is 3.08. The van der Waals surface area contributed by atoms with Gasteiger partial charge in [0.1, 0.15) is 6.61 Å². The van der Waals surface area contributed by atoms with Crippen LogP contribution in [0.2, 0.25) is 0 Å². The van der Waals surface area contributed by atoms with Crippen molar-refractivity contribution in [2.75, 3.05) is 46.0 Å². The minimum absolute atomic E-state index is 0. The molecule has 2 fully saturated rings. The molecule has 1 aromatic heterocycles. The molecular formula is C19H30FIN4O2. The van der Waals surface area contributed by atoms with E-state index in [0.717, 1.165) is 51.6 Å². The smallest absolute Gasteiger partial charge is 0.250 e. The number of likely N-dealkylation sites (tertiary alicyclic amines) is 1. The molecule has 0 aromatic carbocycles. The van der Waals surface area contributed by atoms with Crippen LogP contribution < -0.4 is 10.1 Å². The van der Waals surface area contributed by atoms with E-state index in [1.165, 1.54) is 25.1 Å². The zero-order valence-electron chi connectivity index (χ0n) is 16.0. The van der Waals surface area contributed by atoms with Gasteiger partial charge >= 0.3 is 0 Å². The van der Waals surface area contributed by atoms with E-state index in [9.17, 15) is 4.39 Å². The number of nitrogens with one attached hydrogen (secondary N) is 1. The van der Waals surface area contributed by atoms with E-state index in [0.29, 0.717) is 13.2 Å². The SMILES string of the molecule is CCNC(=NCCOc1ncccc1F)N1CCCC2(CCCOC2)C1.I. The van der Waals surface area contributed by atoms with Gasteiger partial charge in [-0.15, -0.1) is 24.0 Å². The van der Waals surface area contributed by atoms with Crippen molar-refractivity contribution in [3.8, 4) is 5.88 Å². The second-order valence-electron chi connectivity index (χ2n) is 7.06. The van der Waals surface area contributed by atoms with Crippen molar-refractivity contribution in [3.63, 3.8) is 0 Å². The maximum atomic E-state index is 13.5. The lowest BCUT2D eigenvalue weighted by Crippen LogP contribution is -2.53. The molecule has 1 N–H and O–H groups in total. The third kappa shape index (κ3) is 6.17. The summed E-state index contributed by atoms with van der Waals surface area (Å²) < 4.78 is 24.7. The van der Waals surface area contributed by atoms with Crippen LogP contribution in [0, 0.1) is 11.2 Å². The molecule has 0 aliphatic carbocycles. The number of halogens is 2. The van der Waals surface area contributed by atoms with Gasteiger partial charge in [-0.3, -0.25) is 0 Å². The lowest BCUT2D eigenvalue weighted by Gasteiger charge is -2.45. The van der Waals surface area contributed by atoms with Crippen LogP contribution in [-0.4, -0.2) is 61.8 Å². The topological polar surface area (TPSA) is 59.0 Å². The van der Waals surface area contributed by atoms with E-state index in [-0.39, 0.29) is 35.3 Å². The Morgan fingerprint density at radius 2 is 2.30 bits per heavy atom. The summed E-state index contributed by atoms with van der Waals surface area (Å²) in [5.74, 6) is 0.491. The van der Waals surface area contributed by atoms with Crippen LogP contribution in [0.4, 0.5) is 4.39 Å². The minimum Gasteiger partial charge on any atom is -0.474 e. The number of aliphatic imine (C=N–C) groups is 1. The van der Waals surface area contributed by atoms with Gasteiger partial charge in [0.25, 0.3) is 0 Å². The summed E-state index contributed by atoms with van der Waals surface area (Å²) in [5.41, 5.74) is 0.264. The fourth-order valence-electron chi connectivity index (χ4n) is 3.82. The Kier molecular flexibility index (Phi) is 9.01. The van der Waals surface area contributed by atoms with Crippen LogP contribution in [0.15, 0.2) is 23.3 Å². The van der Waals surface area contributed by atoms with Gasteiger partial charge in [-0.1, -0.05) is 0 Å². The third-order valence-electron chi connectivity index (χ3n) is 5.02. The van der Waals surface area contributed by atoms with E-state index in [2.05, 4.69) is 27.1 Å². The summed E-state index contributed by atoms with van der Waals surface area (Å²) >= 11 is 0. The van der Waals surface area contributed by atoms with E-state index >= 15 is 0 Å². The van der Waals surface area contributed by atoms with Gasteiger partial charge in [0.15, 0.2) is 11.8 Å². The molecule has 27 heavy (non-hydrogen) atoms. The summed E-state index contributed by atoms with van der Waals surface area (Å²) in [6.45, 7) is 7.36. The number of hydrogen-bond acceptors (Lipinski definition) is 4. The van der Waals surface area contributed by atoms with Crippen LogP contribution in [0.1, 0.15) is 32.6 Å². The molecule has 3 rings (SSSR count). The minimum atomic E-state index is -0.446. The zero-order valence-corrected chi connectivity index (χ0v) is 18.3. The molecule has 8 heteroatoms. The van der Waals surface area contributed by atoms with Crippen LogP contribution >= 0.6 is 24.0 Å². The first-order chi connectivity index (χ1) is 12.7. The maximum Gasteiger partial charge on any atom is 0.250 e. The van der Waals surface area contributed by atoms with Gasteiger partial charge in [0.2, 0.25) is 5.88 Å². The maximum absolute atomic E-state index is 13.5. The molecule has 2 saturated heterocycles. The fourth-order valence-corrected chi connectivity index (χ4v) is 3.82. The van der Waals surface area contributed by atoms with E-state index in [1.807, 2.05) is 0 Å². The van der Waals surface area contributed by atoms with Crippen molar-refractivity contribution >= 4 is 29.9 Å². The normalized spacial score (nSPS) is 23.0. The molecule has 0 bridgehead atoms. The zero-order chi connectivity index (χ0) is 18.2. The highest BCUT2D eigenvalue weighted by Gasteiger charge is 2.38. The Hall–Kier alpha value is -1.16. The van der Waals surface area contributed by atoms with Crippen molar-refractivity contribution < 1.29 is 13.9 Å². The van der Waals surface area contributed by atoms with Crippen molar-refractivity contribution in [2.24, 2.45) is 10.4 Å². The molecule has 0 amide bonds. The summed E-state index contributed by atoms with van der Waals surface area (Å²) in [5, 5.41) is 3.37. The lowest BCUT2D eigenvalue weighted by molar-refractivity contribution is -0.0370. The largest absolute Gasteiger partial charge is 0.474 e. The van der Waals surface area contributed by atoms with Crippen molar-refractivity contribution in [1.29, 1.82) is 0 Å². The highest BCUT2D eigenvalue weighted by molar-refractivity contribution is 14.0. The second-order valence-corrected chi connectivity index (χ2v) is 7.06. The van der Waals surface area contributed by atoms with E-state index < -0.39 is 5.82 Å². The lowest BCUT2D eigenvalue weighted by atomic mass is 9.76. The monoisotopic (exact) mass is 492 g/mol. The molecule has 2 aliphatic rings. The number of piperidine rings is 1. The Balaban J connectivity index is 0.00000261. The quantitative estimate of drug-likeness (QED) is 0.297. The van der Waals surface area contributed by atoms with Gasteiger partial charge in [-0.2, -0.15) is 0 Å². The first kappa shape index (κ1) is 22.1. The van der Waals surface area contributed by atoms with Crippen molar-refractivity contribution in [3.05, 3.63) is 24.1 Å². The van der Waals surface area contributed by atoms with Gasteiger partial charge in [0, 0.05) is 37.9 Å². The average molecular weight is 492 g/mol. The Morgan fingerprint density at radius 1 is 1.44 bits per heavy atom. The molecule has 0 radical (unpaired) electrons. The van der Waals surface area contributed by atoms with Gasteiger partial charge in [0.05, 0.1) is 13.2 Å². The first-order valence-electron chi connectivity index (χ1n) is 9.57. The summed E-state index contributed by atoms with van der Waals surface area (Å²) in [4.78, 5) is 10.9. The number of guanidine groups is 1. The molecule has 3 heterocycles. The van der Waals surface area contributed by atoms with Gasteiger partial charge < -0.3 is 19.7 Å². The highest BCUT2D eigenvalue weighted by Crippen LogP contribution is 2.37. The van der Waals surface area contributed by atoms with Crippen LogP contribution in [0.5, 0.6) is 5.88 Å². The van der Waals surface area contributed by atoms with Crippen LogP contribution in [0.3, 0.4) is 0 Å². The number of rotatable bonds is 5. The number of hydrogen-bond donors (Lipinski definition) is 1. The summed E-state index contributed by atoms with van der Waals surface area (Å²) in [6, 6.07) is 2.89. The average Bonchev–Trinajstić information content (AvgIpc) is 2.66. The molecule has 1 spiro atoms. The van der Waals surface area contributed by atoms with E-state index in [4.69, 9.17) is 9.47 Å². The number of pyridine rings is 1.